The zero-order chi connectivity index (χ0) is 12.4. The third kappa shape index (κ3) is 2.57. The second-order valence-corrected chi connectivity index (χ2v) is 4.67. The summed E-state index contributed by atoms with van der Waals surface area (Å²) >= 11 is 0. The normalized spacial score (nSPS) is 24.8. The van der Waals surface area contributed by atoms with E-state index >= 15 is 0 Å². The zero-order valence-corrected chi connectivity index (χ0v) is 10.6. The predicted octanol–water partition coefficient (Wildman–Crippen LogP) is 0.945. The first kappa shape index (κ1) is 11.9. The van der Waals surface area contributed by atoms with Crippen LogP contribution in [-0.4, -0.2) is 35.2 Å². The molecule has 1 aliphatic heterocycles. The molecule has 0 aliphatic carbocycles. The number of rotatable bonds is 2. The SMILES string of the molecule is COc1nc(N)nc(N2CCC(C)C(C)C2)n1. The van der Waals surface area contributed by atoms with E-state index in [1.54, 1.807) is 0 Å². The van der Waals surface area contributed by atoms with E-state index in [1.165, 1.54) is 7.11 Å². The van der Waals surface area contributed by atoms with Gasteiger partial charge in [-0.05, 0) is 18.3 Å². The Balaban J connectivity index is 2.19. The molecule has 0 amide bonds. The number of nitrogens with two attached hydrogens (primary N) is 1. The van der Waals surface area contributed by atoms with E-state index in [0.29, 0.717) is 11.9 Å². The molecule has 2 rings (SSSR count). The Morgan fingerprint density at radius 1 is 1.24 bits per heavy atom. The maximum absolute atomic E-state index is 5.63. The van der Waals surface area contributed by atoms with Gasteiger partial charge in [-0.2, -0.15) is 15.0 Å². The van der Waals surface area contributed by atoms with E-state index in [-0.39, 0.29) is 12.0 Å². The molecule has 6 heteroatoms. The molecule has 1 aromatic rings. The lowest BCUT2D eigenvalue weighted by Crippen LogP contribution is -2.39. The monoisotopic (exact) mass is 237 g/mol. The van der Waals surface area contributed by atoms with Crippen molar-refractivity contribution in [3.8, 4) is 6.01 Å². The fourth-order valence-electron chi connectivity index (χ4n) is 2.04. The van der Waals surface area contributed by atoms with Gasteiger partial charge in [0.15, 0.2) is 0 Å². The van der Waals surface area contributed by atoms with Gasteiger partial charge in [0.25, 0.3) is 0 Å². The molecule has 6 nitrogen and oxygen atoms in total. The van der Waals surface area contributed by atoms with E-state index in [9.17, 15) is 0 Å². The molecule has 0 aromatic carbocycles. The van der Waals surface area contributed by atoms with Gasteiger partial charge in [0, 0.05) is 13.1 Å². The third-order valence-corrected chi connectivity index (χ3v) is 3.42. The number of anilines is 2. The van der Waals surface area contributed by atoms with Gasteiger partial charge in [0.05, 0.1) is 7.11 Å². The molecular formula is C11H19N5O. The first-order valence-corrected chi connectivity index (χ1v) is 5.90. The fourth-order valence-corrected chi connectivity index (χ4v) is 2.04. The highest BCUT2D eigenvalue weighted by atomic mass is 16.5. The van der Waals surface area contributed by atoms with Crippen LogP contribution in [0.2, 0.25) is 0 Å². The molecular weight excluding hydrogens is 218 g/mol. The van der Waals surface area contributed by atoms with Crippen molar-refractivity contribution in [2.24, 2.45) is 11.8 Å². The Labute approximate surface area is 101 Å². The summed E-state index contributed by atoms with van der Waals surface area (Å²) in [5.74, 6) is 2.20. The molecule has 2 unspecified atom stereocenters. The number of piperidine rings is 1. The Hall–Kier alpha value is -1.59. The lowest BCUT2D eigenvalue weighted by molar-refractivity contribution is 0.319. The molecule has 17 heavy (non-hydrogen) atoms. The Kier molecular flexibility index (Phi) is 3.31. The second kappa shape index (κ2) is 4.73. The van der Waals surface area contributed by atoms with E-state index in [4.69, 9.17) is 10.5 Å². The summed E-state index contributed by atoms with van der Waals surface area (Å²) in [7, 11) is 1.53. The first-order chi connectivity index (χ1) is 8.10. The van der Waals surface area contributed by atoms with Crippen LogP contribution in [0.3, 0.4) is 0 Å². The maximum Gasteiger partial charge on any atom is 0.322 e. The zero-order valence-electron chi connectivity index (χ0n) is 10.6. The average Bonchev–Trinajstić information content (AvgIpc) is 2.32. The van der Waals surface area contributed by atoms with Crippen molar-refractivity contribution < 1.29 is 4.74 Å². The smallest absolute Gasteiger partial charge is 0.322 e. The average molecular weight is 237 g/mol. The number of nitrogens with zero attached hydrogens (tertiary/aromatic N) is 4. The maximum atomic E-state index is 5.63. The minimum absolute atomic E-state index is 0.207. The predicted molar refractivity (Wildman–Crippen MR) is 65.9 cm³/mol. The number of ether oxygens (including phenoxy) is 1. The molecule has 1 saturated heterocycles. The van der Waals surface area contributed by atoms with Gasteiger partial charge >= 0.3 is 6.01 Å². The Bertz CT molecular complexity index is 397. The number of hydrogen-bond acceptors (Lipinski definition) is 6. The highest BCUT2D eigenvalue weighted by Gasteiger charge is 2.24. The highest BCUT2D eigenvalue weighted by Crippen LogP contribution is 2.25. The number of methoxy groups -OCH3 is 1. The molecule has 2 heterocycles. The number of aromatic nitrogens is 3. The summed E-state index contributed by atoms with van der Waals surface area (Å²) in [6.45, 7) is 6.44. The fraction of sp³-hybridized carbons (Fsp3) is 0.727. The lowest BCUT2D eigenvalue weighted by Gasteiger charge is -2.35. The molecule has 2 atom stereocenters. The van der Waals surface area contributed by atoms with Crippen LogP contribution in [0.15, 0.2) is 0 Å². The van der Waals surface area contributed by atoms with Gasteiger partial charge < -0.3 is 15.4 Å². The molecule has 0 saturated carbocycles. The first-order valence-electron chi connectivity index (χ1n) is 5.90. The molecule has 1 aromatic heterocycles. The van der Waals surface area contributed by atoms with Gasteiger partial charge in [-0.3, -0.25) is 0 Å². The molecule has 2 N–H and O–H groups in total. The summed E-state index contributed by atoms with van der Waals surface area (Å²) in [5, 5.41) is 0. The van der Waals surface area contributed by atoms with Crippen molar-refractivity contribution in [3.63, 3.8) is 0 Å². The topological polar surface area (TPSA) is 77.2 Å². The van der Waals surface area contributed by atoms with E-state index < -0.39 is 0 Å². The standard InChI is InChI=1S/C11H19N5O/c1-7-4-5-16(6-8(7)2)10-13-9(12)14-11(15-10)17-3/h7-8H,4-6H2,1-3H3,(H2,12,13,14,15). The molecule has 94 valence electrons. The van der Waals surface area contributed by atoms with Crippen molar-refractivity contribution >= 4 is 11.9 Å². The lowest BCUT2D eigenvalue weighted by atomic mass is 9.89. The van der Waals surface area contributed by atoms with Gasteiger partial charge in [-0.15, -0.1) is 0 Å². The van der Waals surface area contributed by atoms with Crippen molar-refractivity contribution in [1.29, 1.82) is 0 Å². The van der Waals surface area contributed by atoms with Crippen LogP contribution < -0.4 is 15.4 Å². The van der Waals surface area contributed by atoms with Crippen LogP contribution in [-0.2, 0) is 0 Å². The second-order valence-electron chi connectivity index (χ2n) is 4.67. The summed E-state index contributed by atoms with van der Waals surface area (Å²) in [4.78, 5) is 14.4. The van der Waals surface area contributed by atoms with Crippen LogP contribution in [0.5, 0.6) is 6.01 Å². The summed E-state index contributed by atoms with van der Waals surface area (Å²) < 4.78 is 5.01. The molecule has 1 fully saturated rings. The Morgan fingerprint density at radius 2 is 2.00 bits per heavy atom. The van der Waals surface area contributed by atoms with Gasteiger partial charge in [-0.1, -0.05) is 13.8 Å². The van der Waals surface area contributed by atoms with E-state index in [0.717, 1.165) is 25.4 Å². The van der Waals surface area contributed by atoms with Crippen LogP contribution in [0.25, 0.3) is 0 Å². The summed E-state index contributed by atoms with van der Waals surface area (Å²) in [6, 6.07) is 0.277. The summed E-state index contributed by atoms with van der Waals surface area (Å²) in [5.41, 5.74) is 5.63. The number of hydrogen-bond donors (Lipinski definition) is 1. The molecule has 0 bridgehead atoms. The minimum Gasteiger partial charge on any atom is -0.467 e. The molecule has 1 aliphatic rings. The number of nitrogen functional groups attached to an aromatic ring is 1. The highest BCUT2D eigenvalue weighted by molar-refractivity contribution is 5.36. The van der Waals surface area contributed by atoms with Crippen molar-refractivity contribution in [2.75, 3.05) is 30.8 Å². The van der Waals surface area contributed by atoms with Crippen LogP contribution in [0, 0.1) is 11.8 Å². The largest absolute Gasteiger partial charge is 0.467 e. The Morgan fingerprint density at radius 3 is 2.65 bits per heavy atom. The van der Waals surface area contributed by atoms with Crippen molar-refractivity contribution in [3.05, 3.63) is 0 Å². The van der Waals surface area contributed by atoms with Crippen LogP contribution in [0.1, 0.15) is 20.3 Å². The quantitative estimate of drug-likeness (QED) is 0.825. The van der Waals surface area contributed by atoms with E-state index in [1.807, 2.05) is 0 Å². The van der Waals surface area contributed by atoms with E-state index in [2.05, 4.69) is 33.7 Å². The van der Waals surface area contributed by atoms with Gasteiger partial charge in [0.1, 0.15) is 0 Å². The molecule has 0 radical (unpaired) electrons. The molecule has 0 spiro atoms. The van der Waals surface area contributed by atoms with Gasteiger partial charge in [-0.25, -0.2) is 0 Å². The van der Waals surface area contributed by atoms with Crippen molar-refractivity contribution in [2.45, 2.75) is 20.3 Å². The van der Waals surface area contributed by atoms with Crippen molar-refractivity contribution in [1.82, 2.24) is 15.0 Å². The van der Waals surface area contributed by atoms with Gasteiger partial charge in [0.2, 0.25) is 11.9 Å². The minimum atomic E-state index is 0.207. The summed E-state index contributed by atoms with van der Waals surface area (Å²) in [6.07, 6.45) is 1.15. The third-order valence-electron chi connectivity index (χ3n) is 3.42. The van der Waals surface area contributed by atoms with Crippen LogP contribution in [0.4, 0.5) is 11.9 Å². The van der Waals surface area contributed by atoms with Crippen LogP contribution >= 0.6 is 0 Å².